The number of nitrogens with zero attached hydrogens (tertiary/aromatic N) is 2. The number of likely N-dealkylation sites (N-methyl/N-ethyl adjacent to an activating group) is 1. The van der Waals surface area contributed by atoms with Crippen molar-refractivity contribution in [2.45, 2.75) is 186 Å². The molecule has 1 aromatic carbocycles. The van der Waals surface area contributed by atoms with Gasteiger partial charge in [-0.1, -0.05) is 58.3 Å². The van der Waals surface area contributed by atoms with E-state index in [4.69, 9.17) is 43.2 Å². The fourth-order valence-corrected chi connectivity index (χ4v) is 10.1. The largest absolute Gasteiger partial charge is 0.497 e. The molecule has 0 amide bonds. The molecule has 2 saturated heterocycles. The lowest BCUT2D eigenvalue weighted by Crippen LogP contribution is -2.61. The lowest BCUT2D eigenvalue weighted by molar-refractivity contribution is -0.318. The number of Topliss-reactive ketones (excluding diaryl/α,β-unsaturated/α-hetero) is 1. The first-order valence-electron chi connectivity index (χ1n) is 22.5. The molecule has 62 heavy (non-hydrogen) atoms. The molecule has 0 bridgehead atoms. The summed E-state index contributed by atoms with van der Waals surface area (Å²) in [6.07, 6.45) is -6.60. The summed E-state index contributed by atoms with van der Waals surface area (Å²) in [4.78, 5) is 22.7. The van der Waals surface area contributed by atoms with Gasteiger partial charge in [0.1, 0.15) is 30.3 Å². The van der Waals surface area contributed by atoms with Crippen LogP contribution in [0.1, 0.15) is 107 Å². The average Bonchev–Trinajstić information content (AvgIpc) is 3.23. The van der Waals surface area contributed by atoms with Gasteiger partial charge in [0.15, 0.2) is 12.6 Å². The predicted octanol–water partition coefficient (Wildman–Crippen LogP) is 5.12. The molecule has 18 atom stereocenters. The number of carbonyl (C=O) groups excluding carboxylic acids is 1. The molecule has 356 valence electrons. The third-order valence-electron chi connectivity index (χ3n) is 14.5. The number of aliphatic hydroxyl groups is 4. The minimum absolute atomic E-state index is 0.0625. The number of benzene rings is 1. The first kappa shape index (κ1) is 52.3. The van der Waals surface area contributed by atoms with Crippen LogP contribution in [0, 0.1) is 29.6 Å². The van der Waals surface area contributed by atoms with Crippen LogP contribution in [-0.2, 0) is 44.7 Å². The predicted molar refractivity (Wildman–Crippen MR) is 234 cm³/mol. The highest BCUT2D eigenvalue weighted by molar-refractivity contribution is 5.89. The topological polar surface area (TPSA) is 187 Å². The summed E-state index contributed by atoms with van der Waals surface area (Å²) in [7, 11) is 8.56. The molecular weight excluding hydrogens is 801 g/mol. The van der Waals surface area contributed by atoms with Crippen molar-refractivity contribution in [3.63, 3.8) is 0 Å². The molecule has 1 aliphatic carbocycles. The molecule has 1 saturated carbocycles. The van der Waals surface area contributed by atoms with Crippen molar-refractivity contribution in [3.05, 3.63) is 29.8 Å². The number of hydrogen-bond donors (Lipinski definition) is 4. The van der Waals surface area contributed by atoms with E-state index in [0.29, 0.717) is 24.3 Å². The number of oxime groups is 1. The van der Waals surface area contributed by atoms with Gasteiger partial charge in [-0.15, -0.1) is 0 Å². The fraction of sp³-hybridized carbons (Fsp3) is 0.830. The summed E-state index contributed by atoms with van der Waals surface area (Å²) in [5.74, 6) is -2.71. The Hall–Kier alpha value is -2.28. The van der Waals surface area contributed by atoms with E-state index in [1.54, 1.807) is 41.9 Å². The first-order valence-corrected chi connectivity index (χ1v) is 22.5. The highest BCUT2D eigenvalue weighted by Crippen LogP contribution is 2.43. The van der Waals surface area contributed by atoms with E-state index >= 15 is 0 Å². The lowest BCUT2D eigenvalue weighted by atomic mass is 9.69. The second kappa shape index (κ2) is 21.8. The van der Waals surface area contributed by atoms with Crippen molar-refractivity contribution in [2.75, 3.05) is 35.4 Å². The maximum absolute atomic E-state index is 14.7. The van der Waals surface area contributed by atoms with Crippen molar-refractivity contribution >= 4 is 11.5 Å². The molecule has 0 spiro atoms. The van der Waals surface area contributed by atoms with Gasteiger partial charge in [-0.3, -0.25) is 4.79 Å². The normalized spacial score (nSPS) is 43.6. The molecule has 0 unspecified atom stereocenters. The van der Waals surface area contributed by atoms with Gasteiger partial charge in [-0.25, -0.2) is 0 Å². The van der Waals surface area contributed by atoms with Crippen LogP contribution >= 0.6 is 0 Å². The van der Waals surface area contributed by atoms with Gasteiger partial charge in [-0.05, 0) is 85.2 Å². The molecule has 3 fully saturated rings. The zero-order valence-corrected chi connectivity index (χ0v) is 40.1. The third kappa shape index (κ3) is 11.7. The monoisotopic (exact) mass is 881 g/mol. The second-order valence-corrected chi connectivity index (χ2v) is 19.3. The first-order chi connectivity index (χ1) is 29.0. The number of ether oxygens (including phenoxy) is 7. The Morgan fingerprint density at radius 1 is 0.855 bits per heavy atom. The van der Waals surface area contributed by atoms with Gasteiger partial charge in [0, 0.05) is 56.8 Å². The van der Waals surface area contributed by atoms with Crippen molar-refractivity contribution in [1.82, 2.24) is 4.90 Å². The van der Waals surface area contributed by atoms with E-state index in [9.17, 15) is 25.2 Å². The van der Waals surface area contributed by atoms with Crippen LogP contribution in [0.25, 0.3) is 0 Å². The molecule has 0 radical (unpaired) electrons. The van der Waals surface area contributed by atoms with Gasteiger partial charge >= 0.3 is 0 Å². The Bertz CT molecular complexity index is 1600. The summed E-state index contributed by atoms with van der Waals surface area (Å²) < 4.78 is 44.3. The van der Waals surface area contributed by atoms with E-state index in [1.807, 2.05) is 84.8 Å². The average molecular weight is 881 g/mol. The Kier molecular flexibility index (Phi) is 18.4. The van der Waals surface area contributed by atoms with Gasteiger partial charge in [-0.2, -0.15) is 0 Å². The molecule has 2 heterocycles. The standard InChI is InChI=1S/C47H80N2O13/c1-16-33-22-36(50)28(4)40(61-37-24-45(8,56-14)42(53)31(7)60-37)30(6)43(62-44-39(51)35(49(11)12)21-27(3)59-44)46(9,57-15)23-26(2)38(29(5)41(52)47(33,10)54)48-58-25-32-17-19-34(55-13)20-18-32/h17-20,26-31,33,35,37,39-44,51-54H,16,21-25H2,1-15H3/b48-38+/t26-,27-,28+,29+,30+,31+,33+,35+,37+,39-,40-,41-,42+,43-,44+,45-,46-,47-/m1/s1. The van der Waals surface area contributed by atoms with Crippen LogP contribution in [-0.4, -0.2) is 150 Å². The molecule has 1 aromatic rings. The highest BCUT2D eigenvalue weighted by atomic mass is 16.7. The molecule has 0 aromatic heterocycles. The zero-order valence-electron chi connectivity index (χ0n) is 40.1. The fourth-order valence-electron chi connectivity index (χ4n) is 10.1. The van der Waals surface area contributed by atoms with Gasteiger partial charge < -0.3 is 63.3 Å². The molecule has 3 aliphatic rings. The van der Waals surface area contributed by atoms with Crippen molar-refractivity contribution in [1.29, 1.82) is 0 Å². The van der Waals surface area contributed by atoms with Crippen LogP contribution in [0.3, 0.4) is 0 Å². The maximum Gasteiger partial charge on any atom is 0.185 e. The number of rotatable bonds is 12. The van der Waals surface area contributed by atoms with E-state index in [2.05, 4.69) is 0 Å². The zero-order chi connectivity index (χ0) is 46.5. The number of aliphatic hydroxyl groups excluding tert-OH is 3. The maximum atomic E-state index is 14.7. The lowest BCUT2D eigenvalue weighted by Gasteiger charge is -2.50. The van der Waals surface area contributed by atoms with E-state index in [-0.39, 0.29) is 43.8 Å². The molecular formula is C47H80N2O13. The van der Waals surface area contributed by atoms with E-state index in [0.717, 1.165) is 5.56 Å². The minimum atomic E-state index is -1.71. The van der Waals surface area contributed by atoms with Crippen molar-refractivity contribution in [3.8, 4) is 5.75 Å². The van der Waals surface area contributed by atoms with Crippen LogP contribution < -0.4 is 4.74 Å². The summed E-state index contributed by atoms with van der Waals surface area (Å²) >= 11 is 0. The molecule has 15 nitrogen and oxygen atoms in total. The Labute approximate surface area is 370 Å². The van der Waals surface area contributed by atoms with Crippen molar-refractivity contribution in [2.24, 2.45) is 34.7 Å². The second-order valence-electron chi connectivity index (χ2n) is 19.3. The van der Waals surface area contributed by atoms with Crippen LogP contribution in [0.15, 0.2) is 29.4 Å². The number of ketones is 1. The summed E-state index contributed by atoms with van der Waals surface area (Å²) in [6.45, 7) is 18.6. The van der Waals surface area contributed by atoms with Crippen LogP contribution in [0.4, 0.5) is 0 Å². The van der Waals surface area contributed by atoms with E-state index < -0.39 is 95.6 Å². The quantitative estimate of drug-likeness (QED) is 0.203. The highest BCUT2D eigenvalue weighted by Gasteiger charge is 2.53. The third-order valence-corrected chi connectivity index (χ3v) is 14.5. The summed E-state index contributed by atoms with van der Waals surface area (Å²) in [6, 6.07) is 7.17. The Balaban J connectivity index is 1.89. The van der Waals surface area contributed by atoms with Gasteiger partial charge in [0.05, 0.1) is 60.1 Å². The number of hydrogen-bond acceptors (Lipinski definition) is 15. The molecule has 4 rings (SSSR count). The van der Waals surface area contributed by atoms with Crippen molar-refractivity contribution < 1.29 is 63.2 Å². The number of carbonyl (C=O) groups is 1. The SMILES string of the molecule is CC[C@H]1CC(=O)[C@H](C)[C@@H](O[C@H]2C[C@@](C)(OC)[C@@H](O)[C@H](C)O2)[C@H](C)[C@@H](O[C@@H]2O[C@H](C)C[C@H](N(C)C)[C@H]2O)[C@](C)(OC)C[C@@H](C)/C(=N\OCc2ccc(OC)cc2)[C@H](C)[C@@H](O)[C@]1(C)O. The summed E-state index contributed by atoms with van der Waals surface area (Å²) in [5.41, 5.74) is -2.57. The summed E-state index contributed by atoms with van der Waals surface area (Å²) in [5, 5.41) is 52.0. The Morgan fingerprint density at radius 3 is 2.05 bits per heavy atom. The molecule has 2 aliphatic heterocycles. The van der Waals surface area contributed by atoms with Crippen LogP contribution in [0.2, 0.25) is 0 Å². The van der Waals surface area contributed by atoms with E-state index in [1.165, 1.54) is 7.11 Å². The van der Waals surface area contributed by atoms with Crippen LogP contribution in [0.5, 0.6) is 5.75 Å². The smallest absolute Gasteiger partial charge is 0.185 e. The van der Waals surface area contributed by atoms with Gasteiger partial charge in [0.25, 0.3) is 0 Å². The molecule has 4 N–H and O–H groups in total. The van der Waals surface area contributed by atoms with Gasteiger partial charge in [0.2, 0.25) is 0 Å². The Morgan fingerprint density at radius 2 is 1.48 bits per heavy atom. The minimum Gasteiger partial charge on any atom is -0.497 e. The molecule has 15 heteroatoms. The number of methoxy groups -OCH3 is 3.